The van der Waals surface area contributed by atoms with Gasteiger partial charge in [-0.3, -0.25) is 0 Å². The second-order valence-corrected chi connectivity index (χ2v) is 7.43. The molecule has 1 N–H and O–H groups in total. The van der Waals surface area contributed by atoms with Crippen molar-refractivity contribution in [2.75, 3.05) is 20.3 Å². The second kappa shape index (κ2) is 6.95. The van der Waals surface area contributed by atoms with Gasteiger partial charge >= 0.3 is 0 Å². The zero-order chi connectivity index (χ0) is 13.8. The molecule has 0 bridgehead atoms. The summed E-state index contributed by atoms with van der Waals surface area (Å²) in [6.45, 7) is 0.469. The lowest BCUT2D eigenvalue weighted by Crippen LogP contribution is -2.32. The van der Waals surface area contributed by atoms with Gasteiger partial charge in [0.05, 0.1) is 11.4 Å². The van der Waals surface area contributed by atoms with Gasteiger partial charge in [-0.15, -0.1) is 0 Å². The number of methoxy groups -OCH3 is 1. The maximum atomic E-state index is 13.5. The van der Waals surface area contributed by atoms with Crippen LogP contribution in [0.15, 0.2) is 27.6 Å². The number of ether oxygens (including phenoxy) is 1. The lowest BCUT2D eigenvalue weighted by atomic mass is 10.3. The molecule has 102 valence electrons. The molecule has 0 spiro atoms. The Morgan fingerprint density at radius 3 is 2.72 bits per heavy atom. The minimum Gasteiger partial charge on any atom is -0.383 e. The van der Waals surface area contributed by atoms with Crippen molar-refractivity contribution in [1.82, 2.24) is 4.72 Å². The van der Waals surface area contributed by atoms with Crippen LogP contribution in [0, 0.1) is 5.82 Å². The summed E-state index contributed by atoms with van der Waals surface area (Å²) in [6.07, 6.45) is 0. The molecule has 0 amide bonds. The van der Waals surface area contributed by atoms with Gasteiger partial charge in [0.2, 0.25) is 10.0 Å². The van der Waals surface area contributed by atoms with Gasteiger partial charge in [-0.1, -0.05) is 31.9 Å². The van der Waals surface area contributed by atoms with Gasteiger partial charge in [-0.2, -0.15) is 0 Å². The van der Waals surface area contributed by atoms with Crippen molar-refractivity contribution in [1.29, 1.82) is 0 Å². The summed E-state index contributed by atoms with van der Waals surface area (Å²) in [7, 11) is -2.34. The molecule has 1 aromatic rings. The highest BCUT2D eigenvalue weighted by atomic mass is 79.9. The Bertz CT molecular complexity index is 510. The van der Waals surface area contributed by atoms with Crippen LogP contribution >= 0.6 is 31.9 Å². The van der Waals surface area contributed by atoms with Gasteiger partial charge in [-0.05, 0) is 18.2 Å². The predicted molar refractivity (Wildman–Crippen MR) is 73.9 cm³/mol. The molecule has 0 aliphatic heterocycles. The number of nitrogens with one attached hydrogen (secondary N) is 1. The second-order valence-electron chi connectivity index (χ2n) is 3.48. The van der Waals surface area contributed by atoms with Crippen LogP contribution in [0.25, 0.3) is 0 Å². The standard InChI is InChI=1S/C10H12Br2FNO3S/c1-17-6-8(12)5-14-18(15,16)10-3-2-7(11)4-9(10)13/h2-4,8,14H,5-6H2,1H3. The van der Waals surface area contributed by atoms with E-state index in [1.54, 1.807) is 0 Å². The van der Waals surface area contributed by atoms with Gasteiger partial charge in [0.25, 0.3) is 0 Å². The molecule has 1 atom stereocenters. The minimum absolute atomic E-state index is 0.117. The summed E-state index contributed by atoms with van der Waals surface area (Å²) >= 11 is 6.31. The SMILES string of the molecule is COCC(Br)CNS(=O)(=O)c1ccc(Br)cc1F. The van der Waals surface area contributed by atoms with Crippen LogP contribution in [0.5, 0.6) is 0 Å². The Balaban J connectivity index is 2.80. The smallest absolute Gasteiger partial charge is 0.243 e. The van der Waals surface area contributed by atoms with Crippen LogP contribution in [-0.4, -0.2) is 33.5 Å². The summed E-state index contributed by atoms with van der Waals surface area (Å²) in [6, 6.07) is 3.79. The van der Waals surface area contributed by atoms with E-state index in [9.17, 15) is 12.8 Å². The zero-order valence-electron chi connectivity index (χ0n) is 9.49. The first kappa shape index (κ1) is 16.0. The Kier molecular flexibility index (Phi) is 6.19. The van der Waals surface area contributed by atoms with Gasteiger partial charge in [0, 0.05) is 18.1 Å². The Hall–Kier alpha value is -0.0200. The molecule has 0 aromatic heterocycles. The molecule has 0 radical (unpaired) electrons. The Labute approximate surface area is 122 Å². The third-order valence-electron chi connectivity index (χ3n) is 2.03. The largest absolute Gasteiger partial charge is 0.383 e. The minimum atomic E-state index is -3.85. The maximum Gasteiger partial charge on any atom is 0.243 e. The van der Waals surface area contributed by atoms with E-state index in [-0.39, 0.29) is 16.3 Å². The topological polar surface area (TPSA) is 55.4 Å². The normalized spacial score (nSPS) is 13.6. The fourth-order valence-corrected chi connectivity index (χ4v) is 3.32. The quantitative estimate of drug-likeness (QED) is 0.740. The molecule has 0 saturated carbocycles. The van der Waals surface area contributed by atoms with Crippen LogP contribution in [0.4, 0.5) is 4.39 Å². The van der Waals surface area contributed by atoms with Gasteiger partial charge in [-0.25, -0.2) is 17.5 Å². The Morgan fingerprint density at radius 1 is 1.50 bits per heavy atom. The van der Waals surface area contributed by atoms with Crippen molar-refractivity contribution in [3.05, 3.63) is 28.5 Å². The summed E-state index contributed by atoms with van der Waals surface area (Å²) in [5.74, 6) is -0.797. The molecule has 0 aliphatic carbocycles. The van der Waals surface area contributed by atoms with Gasteiger partial charge in [0.15, 0.2) is 0 Å². The molecule has 1 aromatic carbocycles. The zero-order valence-corrected chi connectivity index (χ0v) is 13.5. The molecule has 8 heteroatoms. The molecule has 1 rings (SSSR count). The van der Waals surface area contributed by atoms with Crippen LogP contribution in [0.2, 0.25) is 0 Å². The molecular weight excluding hydrogens is 393 g/mol. The summed E-state index contributed by atoms with van der Waals surface area (Å²) in [5.41, 5.74) is 0. The molecule has 4 nitrogen and oxygen atoms in total. The number of hydrogen-bond donors (Lipinski definition) is 1. The van der Waals surface area contributed by atoms with E-state index < -0.39 is 15.8 Å². The van der Waals surface area contributed by atoms with Crippen LogP contribution in [0.3, 0.4) is 0 Å². The highest BCUT2D eigenvalue weighted by Gasteiger charge is 2.20. The van der Waals surface area contributed by atoms with Crippen molar-refractivity contribution >= 4 is 41.9 Å². The average molecular weight is 405 g/mol. The number of alkyl halides is 1. The fourth-order valence-electron chi connectivity index (χ4n) is 1.21. The van der Waals surface area contributed by atoms with Gasteiger partial charge < -0.3 is 4.74 Å². The number of rotatable bonds is 6. The lowest BCUT2D eigenvalue weighted by Gasteiger charge is -2.11. The molecule has 18 heavy (non-hydrogen) atoms. The highest BCUT2D eigenvalue weighted by molar-refractivity contribution is 9.10. The first-order chi connectivity index (χ1) is 8.36. The third kappa shape index (κ3) is 4.58. The number of halogens is 3. The van der Waals surface area contributed by atoms with E-state index in [0.717, 1.165) is 6.07 Å². The van der Waals surface area contributed by atoms with Crippen molar-refractivity contribution in [2.24, 2.45) is 0 Å². The summed E-state index contributed by atoms with van der Waals surface area (Å²) in [5, 5.41) is 0. The van der Waals surface area contributed by atoms with E-state index in [0.29, 0.717) is 11.1 Å². The number of sulfonamides is 1. The van der Waals surface area contributed by atoms with E-state index >= 15 is 0 Å². The van der Waals surface area contributed by atoms with Gasteiger partial charge in [0.1, 0.15) is 10.7 Å². The van der Waals surface area contributed by atoms with E-state index in [1.165, 1.54) is 19.2 Å². The van der Waals surface area contributed by atoms with Crippen LogP contribution < -0.4 is 4.72 Å². The molecule has 0 fully saturated rings. The molecule has 0 aliphatic rings. The van der Waals surface area contributed by atoms with E-state index in [4.69, 9.17) is 4.74 Å². The Morgan fingerprint density at radius 2 is 2.17 bits per heavy atom. The summed E-state index contributed by atoms with van der Waals surface area (Å²) < 4.78 is 44.9. The molecular formula is C10H12Br2FNO3S. The lowest BCUT2D eigenvalue weighted by molar-refractivity contribution is 0.201. The predicted octanol–water partition coefficient (Wildman–Crippen LogP) is 2.28. The first-order valence-electron chi connectivity index (χ1n) is 4.94. The van der Waals surface area contributed by atoms with Crippen LogP contribution in [-0.2, 0) is 14.8 Å². The molecule has 0 saturated heterocycles. The van der Waals surface area contributed by atoms with Crippen molar-refractivity contribution in [3.8, 4) is 0 Å². The van der Waals surface area contributed by atoms with Crippen molar-refractivity contribution in [3.63, 3.8) is 0 Å². The third-order valence-corrected chi connectivity index (χ3v) is 4.56. The van der Waals surface area contributed by atoms with Crippen LogP contribution in [0.1, 0.15) is 0 Å². The van der Waals surface area contributed by atoms with E-state index in [2.05, 4.69) is 36.6 Å². The maximum absolute atomic E-state index is 13.5. The number of hydrogen-bond acceptors (Lipinski definition) is 3. The van der Waals surface area contributed by atoms with E-state index in [1.807, 2.05) is 0 Å². The monoisotopic (exact) mass is 403 g/mol. The summed E-state index contributed by atoms with van der Waals surface area (Å²) in [4.78, 5) is -0.543. The average Bonchev–Trinajstić information content (AvgIpc) is 2.26. The van der Waals surface area contributed by atoms with Crippen molar-refractivity contribution < 1.29 is 17.5 Å². The number of benzene rings is 1. The first-order valence-corrected chi connectivity index (χ1v) is 8.13. The highest BCUT2D eigenvalue weighted by Crippen LogP contribution is 2.19. The molecule has 1 unspecified atom stereocenters. The fraction of sp³-hybridized carbons (Fsp3) is 0.400. The molecule has 0 heterocycles. The van der Waals surface area contributed by atoms with Crippen molar-refractivity contribution in [2.45, 2.75) is 9.72 Å².